The van der Waals surface area contributed by atoms with Crippen molar-refractivity contribution in [1.29, 1.82) is 5.26 Å². The number of nitrogens with zero attached hydrogens (tertiary/aromatic N) is 3. The number of hydrogen-bond acceptors (Lipinski definition) is 4. The number of hydrogen-bond donors (Lipinski definition) is 1. The van der Waals surface area contributed by atoms with Gasteiger partial charge in [-0.3, -0.25) is 14.2 Å². The van der Waals surface area contributed by atoms with Crippen molar-refractivity contribution >= 4 is 22.5 Å². The second-order valence-electron chi connectivity index (χ2n) is 6.85. The van der Waals surface area contributed by atoms with Crippen LogP contribution in [-0.2, 0) is 6.42 Å². The SMILES string of the molecule is Cc1nc2ccccc2c(=O)n1-c1ccc(C(=O)Nc2ccc(CC#N)cc2)cc1. The highest BCUT2D eigenvalue weighted by molar-refractivity contribution is 6.04. The number of benzene rings is 3. The zero-order valence-corrected chi connectivity index (χ0v) is 16.3. The van der Waals surface area contributed by atoms with Gasteiger partial charge in [-0.25, -0.2) is 4.98 Å². The van der Waals surface area contributed by atoms with Crippen LogP contribution in [0.1, 0.15) is 21.7 Å². The van der Waals surface area contributed by atoms with Crippen molar-refractivity contribution in [2.45, 2.75) is 13.3 Å². The first-order valence-electron chi connectivity index (χ1n) is 9.43. The van der Waals surface area contributed by atoms with Crippen molar-refractivity contribution in [1.82, 2.24) is 9.55 Å². The van der Waals surface area contributed by atoms with Crippen molar-refractivity contribution in [3.63, 3.8) is 0 Å². The molecule has 3 aromatic carbocycles. The summed E-state index contributed by atoms with van der Waals surface area (Å²) in [6, 6.07) is 23.3. The van der Waals surface area contributed by atoms with Crippen LogP contribution in [0.5, 0.6) is 0 Å². The van der Waals surface area contributed by atoms with Gasteiger partial charge in [-0.2, -0.15) is 5.26 Å². The summed E-state index contributed by atoms with van der Waals surface area (Å²) in [7, 11) is 0. The molecule has 0 atom stereocenters. The molecule has 0 fully saturated rings. The molecule has 0 saturated carbocycles. The predicted molar refractivity (Wildman–Crippen MR) is 116 cm³/mol. The van der Waals surface area contributed by atoms with E-state index in [1.807, 2.05) is 30.3 Å². The Kier molecular flexibility index (Phi) is 5.10. The average molecular weight is 394 g/mol. The lowest BCUT2D eigenvalue weighted by Crippen LogP contribution is -2.22. The Morgan fingerprint density at radius 3 is 2.43 bits per heavy atom. The standard InChI is InChI=1S/C24H18N4O2/c1-16-26-22-5-3-2-4-21(22)24(30)28(16)20-12-8-18(9-13-20)23(29)27-19-10-6-17(7-11-19)14-15-25/h2-13H,14H2,1H3,(H,27,29). The quantitative estimate of drug-likeness (QED) is 0.566. The van der Waals surface area contributed by atoms with Gasteiger partial charge in [-0.05, 0) is 61.0 Å². The van der Waals surface area contributed by atoms with Crippen LogP contribution >= 0.6 is 0 Å². The lowest BCUT2D eigenvalue weighted by atomic mass is 10.1. The Labute approximate surface area is 173 Å². The van der Waals surface area contributed by atoms with Gasteiger partial charge in [0.15, 0.2) is 0 Å². The average Bonchev–Trinajstić information content (AvgIpc) is 2.76. The van der Waals surface area contributed by atoms with Crippen LogP contribution in [0.4, 0.5) is 5.69 Å². The molecule has 1 heterocycles. The summed E-state index contributed by atoms with van der Waals surface area (Å²) in [5, 5.41) is 12.1. The molecule has 0 bridgehead atoms. The Hall–Kier alpha value is -4.24. The second kappa shape index (κ2) is 8.02. The monoisotopic (exact) mass is 394 g/mol. The maximum atomic E-state index is 12.9. The number of aryl methyl sites for hydroxylation is 1. The van der Waals surface area contributed by atoms with Gasteiger partial charge in [-0.1, -0.05) is 24.3 Å². The van der Waals surface area contributed by atoms with Crippen molar-refractivity contribution in [3.05, 3.63) is 100 Å². The Morgan fingerprint density at radius 1 is 1.03 bits per heavy atom. The molecule has 0 saturated heterocycles. The minimum Gasteiger partial charge on any atom is -0.322 e. The minimum atomic E-state index is -0.254. The van der Waals surface area contributed by atoms with Gasteiger partial charge in [0.1, 0.15) is 5.82 Å². The van der Waals surface area contributed by atoms with Crippen LogP contribution in [0.15, 0.2) is 77.6 Å². The molecule has 1 amide bonds. The van der Waals surface area contributed by atoms with Crippen LogP contribution in [0, 0.1) is 18.3 Å². The third kappa shape index (κ3) is 3.69. The van der Waals surface area contributed by atoms with Gasteiger partial charge in [0.25, 0.3) is 11.5 Å². The number of fused-ring (bicyclic) bond motifs is 1. The lowest BCUT2D eigenvalue weighted by Gasteiger charge is -2.11. The van der Waals surface area contributed by atoms with E-state index < -0.39 is 0 Å². The summed E-state index contributed by atoms with van der Waals surface area (Å²) >= 11 is 0. The van der Waals surface area contributed by atoms with Crippen LogP contribution < -0.4 is 10.9 Å². The van der Waals surface area contributed by atoms with E-state index >= 15 is 0 Å². The number of rotatable bonds is 4. The number of para-hydroxylation sites is 1. The van der Waals surface area contributed by atoms with E-state index in [0.717, 1.165) is 5.56 Å². The Morgan fingerprint density at radius 2 is 1.73 bits per heavy atom. The minimum absolute atomic E-state index is 0.146. The van der Waals surface area contributed by atoms with E-state index in [0.29, 0.717) is 40.1 Å². The number of carbonyl (C=O) groups is 1. The fraction of sp³-hybridized carbons (Fsp3) is 0.0833. The summed E-state index contributed by atoms with van der Waals surface area (Å²) in [6.45, 7) is 1.78. The molecule has 4 rings (SSSR count). The number of amides is 1. The smallest absolute Gasteiger partial charge is 0.265 e. The number of aromatic nitrogens is 2. The number of nitrogens with one attached hydrogen (secondary N) is 1. The van der Waals surface area contributed by atoms with Crippen molar-refractivity contribution in [2.24, 2.45) is 0 Å². The highest BCUT2D eigenvalue weighted by Crippen LogP contribution is 2.15. The summed E-state index contributed by atoms with van der Waals surface area (Å²) in [5.74, 6) is 0.323. The highest BCUT2D eigenvalue weighted by Gasteiger charge is 2.11. The molecule has 0 aliphatic heterocycles. The highest BCUT2D eigenvalue weighted by atomic mass is 16.1. The first kappa shape index (κ1) is 19.1. The molecular formula is C24H18N4O2. The molecule has 4 aromatic rings. The summed E-state index contributed by atoms with van der Waals surface area (Å²) in [4.78, 5) is 30.0. The number of anilines is 1. The van der Waals surface area contributed by atoms with Gasteiger partial charge in [0, 0.05) is 11.3 Å². The van der Waals surface area contributed by atoms with Crippen molar-refractivity contribution in [3.8, 4) is 11.8 Å². The van der Waals surface area contributed by atoms with Crippen LogP contribution in [-0.4, -0.2) is 15.5 Å². The maximum Gasteiger partial charge on any atom is 0.265 e. The number of carbonyl (C=O) groups excluding carboxylic acids is 1. The van der Waals surface area contributed by atoms with E-state index in [4.69, 9.17) is 5.26 Å². The molecule has 1 aromatic heterocycles. The Bertz CT molecular complexity index is 1330. The fourth-order valence-electron chi connectivity index (χ4n) is 3.31. The van der Waals surface area contributed by atoms with Gasteiger partial charge in [0.05, 0.1) is 29.1 Å². The molecule has 0 unspecified atom stereocenters. The molecule has 30 heavy (non-hydrogen) atoms. The predicted octanol–water partition coefficient (Wildman–Crippen LogP) is 4.01. The largest absolute Gasteiger partial charge is 0.322 e. The molecule has 1 N–H and O–H groups in total. The zero-order chi connectivity index (χ0) is 21.1. The first-order valence-corrected chi connectivity index (χ1v) is 9.43. The van der Waals surface area contributed by atoms with E-state index in [9.17, 15) is 9.59 Å². The maximum absolute atomic E-state index is 12.9. The van der Waals surface area contributed by atoms with E-state index in [1.165, 1.54) is 4.57 Å². The van der Waals surface area contributed by atoms with Crippen molar-refractivity contribution < 1.29 is 4.79 Å². The summed E-state index contributed by atoms with van der Waals surface area (Å²) < 4.78 is 1.54. The first-order chi connectivity index (χ1) is 14.6. The third-order valence-electron chi connectivity index (χ3n) is 4.83. The van der Waals surface area contributed by atoms with Gasteiger partial charge in [0.2, 0.25) is 0 Å². The number of nitriles is 1. The third-order valence-corrected chi connectivity index (χ3v) is 4.83. The molecular weight excluding hydrogens is 376 g/mol. The molecule has 0 spiro atoms. The van der Waals surface area contributed by atoms with Crippen LogP contribution in [0.25, 0.3) is 16.6 Å². The fourth-order valence-corrected chi connectivity index (χ4v) is 3.31. The molecule has 6 heteroatoms. The zero-order valence-electron chi connectivity index (χ0n) is 16.3. The molecule has 6 nitrogen and oxygen atoms in total. The van der Waals surface area contributed by atoms with E-state index in [2.05, 4.69) is 16.4 Å². The second-order valence-corrected chi connectivity index (χ2v) is 6.85. The van der Waals surface area contributed by atoms with Crippen molar-refractivity contribution in [2.75, 3.05) is 5.32 Å². The molecule has 0 radical (unpaired) electrons. The molecule has 0 aliphatic carbocycles. The molecule has 0 aliphatic rings. The lowest BCUT2D eigenvalue weighted by molar-refractivity contribution is 0.102. The van der Waals surface area contributed by atoms with Gasteiger partial charge >= 0.3 is 0 Å². The topological polar surface area (TPSA) is 87.8 Å². The van der Waals surface area contributed by atoms with Gasteiger partial charge < -0.3 is 5.32 Å². The van der Waals surface area contributed by atoms with Crippen LogP contribution in [0.2, 0.25) is 0 Å². The van der Waals surface area contributed by atoms with Crippen LogP contribution in [0.3, 0.4) is 0 Å². The van der Waals surface area contributed by atoms with E-state index in [1.54, 1.807) is 49.4 Å². The Balaban J connectivity index is 1.59. The van der Waals surface area contributed by atoms with E-state index in [-0.39, 0.29) is 11.5 Å². The summed E-state index contributed by atoms with van der Waals surface area (Å²) in [6.07, 6.45) is 0.331. The normalized spacial score (nSPS) is 10.5. The van der Waals surface area contributed by atoms with Gasteiger partial charge in [-0.15, -0.1) is 0 Å². The summed E-state index contributed by atoms with van der Waals surface area (Å²) in [5.41, 5.74) is 3.18. The molecule has 146 valence electrons.